The van der Waals surface area contributed by atoms with E-state index in [1.807, 2.05) is 23.1 Å². The maximum absolute atomic E-state index is 12.7. The monoisotopic (exact) mass is 372 g/mol. The van der Waals surface area contributed by atoms with Crippen molar-refractivity contribution in [2.24, 2.45) is 5.92 Å². The molecule has 2 N–H and O–H groups in total. The first kappa shape index (κ1) is 18.8. The second-order valence-corrected chi connectivity index (χ2v) is 6.48. The van der Waals surface area contributed by atoms with E-state index in [1.165, 1.54) is 6.07 Å². The third kappa shape index (κ3) is 4.58. The number of hydrogen-bond donors (Lipinski definition) is 2. The number of benzene rings is 1. The van der Waals surface area contributed by atoms with Gasteiger partial charge in [-0.05, 0) is 31.0 Å². The van der Waals surface area contributed by atoms with Gasteiger partial charge in [0.1, 0.15) is 11.5 Å². The van der Waals surface area contributed by atoms with Crippen molar-refractivity contribution in [2.45, 2.75) is 19.4 Å². The predicted molar refractivity (Wildman–Crippen MR) is 101 cm³/mol. The average molecular weight is 372 g/mol. The number of nitrogens with one attached hydrogen (secondary N) is 2. The van der Waals surface area contributed by atoms with Crippen LogP contribution in [0.5, 0.6) is 11.5 Å². The third-order valence-corrected chi connectivity index (χ3v) is 4.75. The van der Waals surface area contributed by atoms with Crippen LogP contribution in [0.2, 0.25) is 0 Å². The van der Waals surface area contributed by atoms with Crippen LogP contribution in [0.15, 0.2) is 35.3 Å². The summed E-state index contributed by atoms with van der Waals surface area (Å²) in [4.78, 5) is 26.2. The molecule has 144 valence electrons. The molecule has 8 heteroatoms. The summed E-state index contributed by atoms with van der Waals surface area (Å²) in [7, 11) is 3.20. The normalized spacial score (nSPS) is 16.7. The van der Waals surface area contributed by atoms with E-state index in [9.17, 15) is 9.59 Å². The molecular weight excluding hydrogens is 348 g/mol. The van der Waals surface area contributed by atoms with Crippen LogP contribution in [-0.4, -0.2) is 43.4 Å². The van der Waals surface area contributed by atoms with Gasteiger partial charge in [0.05, 0.1) is 32.0 Å². The molecule has 0 aliphatic carbocycles. The highest BCUT2D eigenvalue weighted by molar-refractivity contribution is 5.79. The molecule has 0 bridgehead atoms. The van der Waals surface area contributed by atoms with Crippen LogP contribution in [0.25, 0.3) is 0 Å². The third-order valence-electron chi connectivity index (χ3n) is 4.75. The largest absolute Gasteiger partial charge is 0.497 e. The lowest BCUT2D eigenvalue weighted by molar-refractivity contribution is -0.125. The van der Waals surface area contributed by atoms with Gasteiger partial charge >= 0.3 is 0 Å². The van der Waals surface area contributed by atoms with E-state index in [2.05, 4.69) is 15.5 Å². The lowest BCUT2D eigenvalue weighted by atomic mass is 9.96. The zero-order valence-electron chi connectivity index (χ0n) is 15.5. The molecule has 0 saturated carbocycles. The molecule has 1 aliphatic rings. The van der Waals surface area contributed by atoms with Crippen molar-refractivity contribution in [3.8, 4) is 11.5 Å². The van der Waals surface area contributed by atoms with Crippen molar-refractivity contribution in [1.29, 1.82) is 0 Å². The maximum Gasteiger partial charge on any atom is 0.266 e. The lowest BCUT2D eigenvalue weighted by Gasteiger charge is -2.33. The number of nitrogens with zero attached hydrogens (tertiary/aromatic N) is 2. The molecule has 1 atom stereocenters. The Balaban J connectivity index is 1.63. The van der Waals surface area contributed by atoms with Crippen molar-refractivity contribution in [1.82, 2.24) is 15.5 Å². The molecule has 1 aromatic carbocycles. The second-order valence-electron chi connectivity index (χ2n) is 6.48. The zero-order valence-corrected chi connectivity index (χ0v) is 15.5. The van der Waals surface area contributed by atoms with Gasteiger partial charge in [-0.2, -0.15) is 5.10 Å². The molecule has 0 radical (unpaired) electrons. The molecular formula is C19H24N4O4. The highest BCUT2D eigenvalue weighted by Gasteiger charge is 2.26. The SMILES string of the molecule is COc1ccc(OC)c(CNC(=O)C2CCCN(c3cn[nH]c(=O)c3)C2)c1. The number of rotatable bonds is 6. The van der Waals surface area contributed by atoms with Gasteiger partial charge in [-0.3, -0.25) is 9.59 Å². The fourth-order valence-electron chi connectivity index (χ4n) is 3.31. The van der Waals surface area contributed by atoms with Crippen molar-refractivity contribution in [2.75, 3.05) is 32.2 Å². The fraction of sp³-hybridized carbons (Fsp3) is 0.421. The predicted octanol–water partition coefficient (Wildman–Crippen LogP) is 1.32. The molecule has 2 aromatic rings. The number of carbonyl (C=O) groups excluding carboxylic acids is 1. The fourth-order valence-corrected chi connectivity index (χ4v) is 3.31. The van der Waals surface area contributed by atoms with Gasteiger partial charge in [-0.25, -0.2) is 5.10 Å². The van der Waals surface area contributed by atoms with Crippen molar-refractivity contribution < 1.29 is 14.3 Å². The first-order valence-electron chi connectivity index (χ1n) is 8.89. The van der Waals surface area contributed by atoms with Gasteiger partial charge in [-0.15, -0.1) is 0 Å². The van der Waals surface area contributed by atoms with E-state index in [-0.39, 0.29) is 17.4 Å². The first-order valence-corrected chi connectivity index (χ1v) is 8.89. The smallest absolute Gasteiger partial charge is 0.266 e. The van der Waals surface area contributed by atoms with Crippen LogP contribution in [-0.2, 0) is 11.3 Å². The van der Waals surface area contributed by atoms with Gasteiger partial charge in [-0.1, -0.05) is 0 Å². The number of amides is 1. The molecule has 1 aliphatic heterocycles. The summed E-state index contributed by atoms with van der Waals surface area (Å²) in [6.45, 7) is 1.73. The maximum atomic E-state index is 12.7. The summed E-state index contributed by atoms with van der Waals surface area (Å²) in [6.07, 6.45) is 3.31. The summed E-state index contributed by atoms with van der Waals surface area (Å²) in [5.41, 5.74) is 1.35. The van der Waals surface area contributed by atoms with Gasteiger partial charge in [0.2, 0.25) is 5.91 Å². The standard InChI is InChI=1S/C19H24N4O4/c1-26-16-5-6-17(27-2)14(8-16)10-20-19(25)13-4-3-7-23(12-13)15-9-18(24)22-21-11-15/h5-6,8-9,11,13H,3-4,7,10,12H2,1-2H3,(H,20,25)(H,22,24). The Bertz CT molecular complexity index is 852. The number of piperidine rings is 1. The molecule has 1 aromatic heterocycles. The lowest BCUT2D eigenvalue weighted by Crippen LogP contribution is -2.43. The van der Waals surface area contributed by atoms with Crippen LogP contribution in [0.4, 0.5) is 5.69 Å². The second kappa shape index (κ2) is 8.57. The van der Waals surface area contributed by atoms with E-state index in [0.29, 0.717) is 24.6 Å². The number of hydrogen-bond acceptors (Lipinski definition) is 6. The quantitative estimate of drug-likeness (QED) is 0.794. The Labute approximate surface area is 157 Å². The summed E-state index contributed by atoms with van der Waals surface area (Å²) >= 11 is 0. The Kier molecular flexibility index (Phi) is 5.95. The topological polar surface area (TPSA) is 96.6 Å². The number of H-pyrrole nitrogens is 1. The Morgan fingerprint density at radius 1 is 1.33 bits per heavy atom. The van der Waals surface area contributed by atoms with E-state index >= 15 is 0 Å². The van der Waals surface area contributed by atoms with Gasteiger partial charge < -0.3 is 19.7 Å². The van der Waals surface area contributed by atoms with Crippen LogP contribution in [0, 0.1) is 5.92 Å². The van der Waals surface area contributed by atoms with Crippen LogP contribution in [0.1, 0.15) is 18.4 Å². The minimum Gasteiger partial charge on any atom is -0.497 e. The molecule has 1 unspecified atom stereocenters. The van der Waals surface area contributed by atoms with Crippen LogP contribution >= 0.6 is 0 Å². The number of aromatic amines is 1. The summed E-state index contributed by atoms with van der Waals surface area (Å²) in [5, 5.41) is 9.20. The Morgan fingerprint density at radius 3 is 2.93 bits per heavy atom. The van der Waals surface area contributed by atoms with E-state index in [1.54, 1.807) is 20.4 Å². The summed E-state index contributed by atoms with van der Waals surface area (Å²) in [6, 6.07) is 7.00. The van der Waals surface area contributed by atoms with Gasteiger partial charge in [0.25, 0.3) is 5.56 Å². The molecule has 1 fully saturated rings. The zero-order chi connectivity index (χ0) is 19.2. The van der Waals surface area contributed by atoms with Gasteiger partial charge in [0, 0.05) is 31.3 Å². The summed E-state index contributed by atoms with van der Waals surface area (Å²) in [5.74, 6) is 1.26. The molecule has 0 spiro atoms. The number of aromatic nitrogens is 2. The molecule has 8 nitrogen and oxygen atoms in total. The summed E-state index contributed by atoms with van der Waals surface area (Å²) < 4.78 is 10.6. The molecule has 27 heavy (non-hydrogen) atoms. The van der Waals surface area contributed by atoms with Crippen molar-refractivity contribution in [3.05, 3.63) is 46.4 Å². The number of anilines is 1. The van der Waals surface area contributed by atoms with Crippen LogP contribution in [0.3, 0.4) is 0 Å². The Morgan fingerprint density at radius 2 is 2.19 bits per heavy atom. The average Bonchev–Trinajstić information content (AvgIpc) is 2.71. The van der Waals surface area contributed by atoms with E-state index < -0.39 is 0 Å². The van der Waals surface area contributed by atoms with E-state index in [4.69, 9.17) is 9.47 Å². The number of ether oxygens (including phenoxy) is 2. The van der Waals surface area contributed by atoms with Crippen LogP contribution < -0.4 is 25.2 Å². The molecule has 3 rings (SSSR count). The highest BCUT2D eigenvalue weighted by Crippen LogP contribution is 2.25. The van der Waals surface area contributed by atoms with Crippen molar-refractivity contribution in [3.63, 3.8) is 0 Å². The minimum absolute atomic E-state index is 0.0117. The highest BCUT2D eigenvalue weighted by atomic mass is 16.5. The Hall–Kier alpha value is -3.03. The van der Waals surface area contributed by atoms with E-state index in [0.717, 1.165) is 30.6 Å². The van der Waals surface area contributed by atoms with Gasteiger partial charge in [0.15, 0.2) is 0 Å². The molecule has 2 heterocycles. The number of methoxy groups -OCH3 is 2. The molecule has 1 amide bonds. The molecule has 1 saturated heterocycles. The van der Waals surface area contributed by atoms with Crippen molar-refractivity contribution >= 4 is 11.6 Å². The minimum atomic E-state index is -0.246. The first-order chi connectivity index (χ1) is 13.1. The number of carbonyl (C=O) groups is 1.